The van der Waals surface area contributed by atoms with Gasteiger partial charge in [-0.15, -0.1) is 0 Å². The second-order valence-corrected chi connectivity index (χ2v) is 6.84. The molecule has 5 nitrogen and oxygen atoms in total. The van der Waals surface area contributed by atoms with E-state index in [2.05, 4.69) is 16.3 Å². The number of amides is 2. The Morgan fingerprint density at radius 2 is 2.26 bits per heavy atom. The van der Waals surface area contributed by atoms with Crippen molar-refractivity contribution in [1.82, 2.24) is 4.90 Å². The number of hydrogen-bond donors (Lipinski definition) is 1. The van der Waals surface area contributed by atoms with E-state index >= 15 is 0 Å². The van der Waals surface area contributed by atoms with E-state index in [9.17, 15) is 9.59 Å². The van der Waals surface area contributed by atoms with Crippen molar-refractivity contribution in [1.29, 1.82) is 0 Å². The molecule has 0 aromatic heterocycles. The van der Waals surface area contributed by atoms with Crippen LogP contribution < -0.4 is 5.32 Å². The van der Waals surface area contributed by atoms with Gasteiger partial charge in [0.05, 0.1) is 17.7 Å². The maximum Gasteiger partial charge on any atom is 0.339 e. The Labute approximate surface area is 145 Å². The third-order valence-electron chi connectivity index (χ3n) is 3.83. The standard InChI is InChI=1S/C16H21ClN2O3S/c1-22-15(20)13-6-5-12(8-14(13)17)18-16(21)19-7-3-4-11(9-19)10-23-2/h5-6,8,11H,3-4,7,9-10H2,1-2H3,(H,18,21)/t11-/m0/s1. The van der Waals surface area contributed by atoms with E-state index in [1.165, 1.54) is 13.5 Å². The molecule has 126 valence electrons. The molecule has 0 radical (unpaired) electrons. The molecular formula is C16H21ClN2O3S. The van der Waals surface area contributed by atoms with Gasteiger partial charge < -0.3 is 15.0 Å². The van der Waals surface area contributed by atoms with Crippen molar-refractivity contribution >= 4 is 41.1 Å². The molecular weight excluding hydrogens is 336 g/mol. The number of urea groups is 1. The fourth-order valence-corrected chi connectivity index (χ4v) is 3.69. The minimum Gasteiger partial charge on any atom is -0.465 e. The largest absolute Gasteiger partial charge is 0.465 e. The summed E-state index contributed by atoms with van der Waals surface area (Å²) in [6.45, 7) is 1.55. The topological polar surface area (TPSA) is 58.6 Å². The Hall–Kier alpha value is -1.40. The molecule has 2 rings (SSSR count). The summed E-state index contributed by atoms with van der Waals surface area (Å²) < 4.78 is 4.65. The number of carbonyl (C=O) groups is 2. The van der Waals surface area contributed by atoms with Crippen molar-refractivity contribution in [2.24, 2.45) is 5.92 Å². The zero-order chi connectivity index (χ0) is 16.8. The minimum absolute atomic E-state index is 0.127. The first kappa shape index (κ1) is 17.9. The molecule has 23 heavy (non-hydrogen) atoms. The van der Waals surface area contributed by atoms with Gasteiger partial charge in [0.2, 0.25) is 0 Å². The monoisotopic (exact) mass is 356 g/mol. The summed E-state index contributed by atoms with van der Waals surface area (Å²) in [4.78, 5) is 25.7. The smallest absolute Gasteiger partial charge is 0.339 e. The van der Waals surface area contributed by atoms with Gasteiger partial charge in [0, 0.05) is 18.8 Å². The summed E-state index contributed by atoms with van der Waals surface area (Å²) in [7, 11) is 1.30. The van der Waals surface area contributed by atoms with E-state index < -0.39 is 5.97 Å². The summed E-state index contributed by atoms with van der Waals surface area (Å²) in [5.74, 6) is 1.13. The number of anilines is 1. The van der Waals surface area contributed by atoms with Crippen LogP contribution in [0.5, 0.6) is 0 Å². The lowest BCUT2D eigenvalue weighted by Gasteiger charge is -2.32. The summed E-state index contributed by atoms with van der Waals surface area (Å²) in [6, 6.07) is 4.64. The van der Waals surface area contributed by atoms with Crippen molar-refractivity contribution in [3.8, 4) is 0 Å². The van der Waals surface area contributed by atoms with Gasteiger partial charge in [-0.05, 0) is 49.0 Å². The molecule has 1 aliphatic rings. The lowest BCUT2D eigenvalue weighted by Crippen LogP contribution is -2.42. The van der Waals surface area contributed by atoms with Gasteiger partial charge in [-0.3, -0.25) is 0 Å². The van der Waals surface area contributed by atoms with E-state index in [1.54, 1.807) is 18.2 Å². The van der Waals surface area contributed by atoms with Crippen LogP contribution >= 0.6 is 23.4 Å². The molecule has 1 N–H and O–H groups in total. The highest BCUT2D eigenvalue weighted by atomic mass is 35.5. The summed E-state index contributed by atoms with van der Waals surface area (Å²) in [5.41, 5.74) is 0.852. The van der Waals surface area contributed by atoms with Crippen molar-refractivity contribution in [2.75, 3.05) is 37.5 Å². The molecule has 1 aromatic rings. The molecule has 7 heteroatoms. The third kappa shape index (κ3) is 4.78. The number of hydrogen-bond acceptors (Lipinski definition) is 4. The summed E-state index contributed by atoms with van der Waals surface area (Å²) in [5, 5.41) is 3.10. The zero-order valence-electron chi connectivity index (χ0n) is 13.3. The number of nitrogens with one attached hydrogen (secondary N) is 1. The van der Waals surface area contributed by atoms with Crippen LogP contribution in [-0.4, -0.2) is 49.1 Å². The SMILES string of the molecule is COC(=O)c1ccc(NC(=O)N2CCC[C@H](CSC)C2)cc1Cl. The molecule has 0 unspecified atom stereocenters. The lowest BCUT2D eigenvalue weighted by atomic mass is 10.0. The highest BCUT2D eigenvalue weighted by Gasteiger charge is 2.23. The number of esters is 1. The molecule has 1 atom stereocenters. The van der Waals surface area contributed by atoms with Crippen LogP contribution in [0.15, 0.2) is 18.2 Å². The first-order valence-corrected chi connectivity index (χ1v) is 9.25. The van der Waals surface area contributed by atoms with Crippen LogP contribution in [0, 0.1) is 5.92 Å². The fourth-order valence-electron chi connectivity index (χ4n) is 2.69. The number of methoxy groups -OCH3 is 1. The van der Waals surface area contributed by atoms with E-state index in [0.29, 0.717) is 11.6 Å². The zero-order valence-corrected chi connectivity index (χ0v) is 14.9. The number of piperidine rings is 1. The number of ether oxygens (including phenoxy) is 1. The molecule has 1 aliphatic heterocycles. The minimum atomic E-state index is -0.496. The van der Waals surface area contributed by atoms with E-state index in [4.69, 9.17) is 11.6 Å². The predicted molar refractivity (Wildman–Crippen MR) is 94.5 cm³/mol. The molecule has 0 spiro atoms. The van der Waals surface area contributed by atoms with Crippen LogP contribution in [0.4, 0.5) is 10.5 Å². The molecule has 0 aliphatic carbocycles. The maximum absolute atomic E-state index is 12.4. The maximum atomic E-state index is 12.4. The number of rotatable bonds is 4. The van der Waals surface area contributed by atoms with Crippen LogP contribution in [0.3, 0.4) is 0 Å². The molecule has 2 amide bonds. The Morgan fingerprint density at radius 1 is 1.48 bits per heavy atom. The first-order valence-electron chi connectivity index (χ1n) is 7.48. The lowest BCUT2D eigenvalue weighted by molar-refractivity contribution is 0.0601. The van der Waals surface area contributed by atoms with Gasteiger partial charge >= 0.3 is 12.0 Å². The van der Waals surface area contributed by atoms with Crippen LogP contribution in [0.2, 0.25) is 5.02 Å². The second-order valence-electron chi connectivity index (χ2n) is 5.53. The molecule has 1 fully saturated rings. The fraction of sp³-hybridized carbons (Fsp3) is 0.500. The van der Waals surface area contributed by atoms with Gasteiger partial charge in [0.1, 0.15) is 0 Å². The Bertz CT molecular complexity index is 580. The number of halogens is 1. The number of nitrogens with zero attached hydrogens (tertiary/aromatic N) is 1. The molecule has 0 saturated carbocycles. The first-order chi connectivity index (χ1) is 11.0. The van der Waals surface area contributed by atoms with Gasteiger partial charge in [-0.2, -0.15) is 11.8 Å². The van der Waals surface area contributed by atoms with Gasteiger partial charge in [-0.25, -0.2) is 9.59 Å². The van der Waals surface area contributed by atoms with Crippen molar-refractivity contribution in [3.63, 3.8) is 0 Å². The summed E-state index contributed by atoms with van der Waals surface area (Å²) in [6.07, 6.45) is 4.29. The van der Waals surface area contributed by atoms with E-state index in [-0.39, 0.29) is 16.6 Å². The Balaban J connectivity index is 2.00. The highest BCUT2D eigenvalue weighted by Crippen LogP contribution is 2.23. The average molecular weight is 357 g/mol. The predicted octanol–water partition coefficient (Wildman–Crippen LogP) is 3.73. The van der Waals surface area contributed by atoms with E-state index in [1.807, 2.05) is 16.7 Å². The summed E-state index contributed by atoms with van der Waals surface area (Å²) >= 11 is 7.88. The number of thioether (sulfide) groups is 1. The average Bonchev–Trinajstić information content (AvgIpc) is 2.55. The molecule has 1 heterocycles. The molecule has 0 bridgehead atoms. The third-order valence-corrected chi connectivity index (χ3v) is 4.95. The Morgan fingerprint density at radius 3 is 2.91 bits per heavy atom. The van der Waals surface area contributed by atoms with E-state index in [0.717, 1.165) is 25.3 Å². The molecule has 1 aromatic carbocycles. The van der Waals surface area contributed by atoms with Gasteiger partial charge in [0.25, 0.3) is 0 Å². The highest BCUT2D eigenvalue weighted by molar-refractivity contribution is 7.98. The van der Waals surface area contributed by atoms with Crippen LogP contribution in [-0.2, 0) is 4.74 Å². The second kappa shape index (κ2) is 8.45. The quantitative estimate of drug-likeness (QED) is 0.835. The van der Waals surface area contributed by atoms with Crippen LogP contribution in [0.1, 0.15) is 23.2 Å². The normalized spacial score (nSPS) is 17.7. The van der Waals surface area contributed by atoms with Crippen molar-refractivity contribution < 1.29 is 14.3 Å². The Kier molecular flexibility index (Phi) is 6.59. The number of benzene rings is 1. The number of likely N-dealkylation sites (tertiary alicyclic amines) is 1. The van der Waals surface area contributed by atoms with Crippen LogP contribution in [0.25, 0.3) is 0 Å². The molecule has 1 saturated heterocycles. The van der Waals surface area contributed by atoms with Crippen molar-refractivity contribution in [3.05, 3.63) is 28.8 Å². The van der Waals surface area contributed by atoms with Gasteiger partial charge in [0.15, 0.2) is 0 Å². The van der Waals surface area contributed by atoms with Crippen molar-refractivity contribution in [2.45, 2.75) is 12.8 Å². The van der Waals surface area contributed by atoms with Gasteiger partial charge in [-0.1, -0.05) is 11.6 Å². The number of carbonyl (C=O) groups excluding carboxylic acids is 2.